The third-order valence-electron chi connectivity index (χ3n) is 3.31. The molecule has 1 unspecified atom stereocenters. The molecule has 0 radical (unpaired) electrons. The van der Waals surface area contributed by atoms with Gasteiger partial charge in [-0.25, -0.2) is 4.98 Å². The zero-order valence-corrected chi connectivity index (χ0v) is 12.3. The number of carbonyl (C=O) groups excluding carboxylic acids is 1. The van der Waals surface area contributed by atoms with E-state index in [1.165, 1.54) is 11.8 Å². The molecule has 0 aliphatic carbocycles. The van der Waals surface area contributed by atoms with Crippen LogP contribution < -0.4 is 4.90 Å². The SMILES string of the molecule is Cc1nc(C(=O)N2c3ccc(Br)cc3CC2C)co1. The van der Waals surface area contributed by atoms with E-state index in [9.17, 15) is 4.79 Å². The molecule has 98 valence electrons. The molecule has 1 aromatic carbocycles. The van der Waals surface area contributed by atoms with Crippen molar-refractivity contribution >= 4 is 27.5 Å². The van der Waals surface area contributed by atoms with Gasteiger partial charge in [0.15, 0.2) is 11.6 Å². The molecule has 0 N–H and O–H groups in total. The van der Waals surface area contributed by atoms with Crippen molar-refractivity contribution < 1.29 is 9.21 Å². The number of hydrogen-bond acceptors (Lipinski definition) is 3. The summed E-state index contributed by atoms with van der Waals surface area (Å²) in [6.45, 7) is 3.77. The molecule has 1 aromatic heterocycles. The van der Waals surface area contributed by atoms with Gasteiger partial charge in [0, 0.05) is 23.1 Å². The highest BCUT2D eigenvalue weighted by molar-refractivity contribution is 9.10. The van der Waals surface area contributed by atoms with Crippen LogP contribution in [0.15, 0.2) is 33.4 Å². The predicted molar refractivity (Wildman–Crippen MR) is 75.4 cm³/mol. The highest BCUT2D eigenvalue weighted by Crippen LogP contribution is 2.35. The van der Waals surface area contributed by atoms with Gasteiger partial charge in [-0.2, -0.15) is 0 Å². The summed E-state index contributed by atoms with van der Waals surface area (Å²) < 4.78 is 6.15. The first-order valence-corrected chi connectivity index (χ1v) is 6.89. The lowest BCUT2D eigenvalue weighted by Crippen LogP contribution is -2.35. The first kappa shape index (κ1) is 12.4. The molecule has 2 aromatic rings. The Bertz CT molecular complexity index is 651. The van der Waals surface area contributed by atoms with Crippen LogP contribution in [0.4, 0.5) is 5.69 Å². The molecule has 1 aliphatic rings. The van der Waals surface area contributed by atoms with E-state index in [2.05, 4.69) is 27.0 Å². The fourth-order valence-corrected chi connectivity index (χ4v) is 2.90. The molecule has 0 saturated carbocycles. The number of oxazole rings is 1. The van der Waals surface area contributed by atoms with Gasteiger partial charge in [-0.05, 0) is 37.1 Å². The van der Waals surface area contributed by atoms with E-state index in [1.807, 2.05) is 19.1 Å². The standard InChI is InChI=1S/C14H13BrN2O2/c1-8-5-10-6-11(15)3-4-13(10)17(8)14(18)12-7-19-9(2)16-12/h3-4,6-8H,5H2,1-2H3. The lowest BCUT2D eigenvalue weighted by atomic mass is 10.1. The largest absolute Gasteiger partial charge is 0.448 e. The van der Waals surface area contributed by atoms with E-state index in [4.69, 9.17) is 4.42 Å². The van der Waals surface area contributed by atoms with Gasteiger partial charge in [0.2, 0.25) is 0 Å². The number of fused-ring (bicyclic) bond motifs is 1. The number of amides is 1. The Kier molecular flexibility index (Phi) is 2.93. The minimum absolute atomic E-state index is 0.106. The average Bonchev–Trinajstić information content (AvgIpc) is 2.91. The van der Waals surface area contributed by atoms with Crippen LogP contribution in [0.5, 0.6) is 0 Å². The number of benzene rings is 1. The number of halogens is 1. The summed E-state index contributed by atoms with van der Waals surface area (Å²) in [5.74, 6) is 0.400. The molecule has 0 bridgehead atoms. The molecule has 3 rings (SSSR count). The van der Waals surface area contributed by atoms with Crippen molar-refractivity contribution in [2.24, 2.45) is 0 Å². The fourth-order valence-electron chi connectivity index (χ4n) is 2.49. The molecule has 1 aliphatic heterocycles. The van der Waals surface area contributed by atoms with Crippen LogP contribution in [0.25, 0.3) is 0 Å². The molecule has 0 spiro atoms. The van der Waals surface area contributed by atoms with Crippen molar-refractivity contribution in [2.75, 3.05) is 4.90 Å². The van der Waals surface area contributed by atoms with E-state index >= 15 is 0 Å². The zero-order valence-electron chi connectivity index (χ0n) is 10.7. The summed E-state index contributed by atoms with van der Waals surface area (Å²) in [4.78, 5) is 18.4. The third kappa shape index (κ3) is 2.08. The Hall–Kier alpha value is -1.62. The first-order chi connectivity index (χ1) is 9.06. The van der Waals surface area contributed by atoms with Crippen LogP contribution in [-0.4, -0.2) is 16.9 Å². The number of anilines is 1. The quantitative estimate of drug-likeness (QED) is 0.809. The molecular formula is C14H13BrN2O2. The lowest BCUT2D eigenvalue weighted by Gasteiger charge is -2.21. The molecule has 0 fully saturated rings. The molecule has 4 nitrogen and oxygen atoms in total. The summed E-state index contributed by atoms with van der Waals surface area (Å²) in [5.41, 5.74) is 2.50. The third-order valence-corrected chi connectivity index (χ3v) is 3.81. The second-order valence-corrected chi connectivity index (χ2v) is 5.67. The Morgan fingerprint density at radius 2 is 2.32 bits per heavy atom. The Morgan fingerprint density at radius 1 is 1.53 bits per heavy atom. The second kappa shape index (κ2) is 4.49. The van der Waals surface area contributed by atoms with Gasteiger partial charge in [0.25, 0.3) is 5.91 Å². The first-order valence-electron chi connectivity index (χ1n) is 6.10. The minimum Gasteiger partial charge on any atom is -0.448 e. The lowest BCUT2D eigenvalue weighted by molar-refractivity contribution is 0.0976. The number of carbonyl (C=O) groups is 1. The van der Waals surface area contributed by atoms with Crippen LogP contribution in [-0.2, 0) is 6.42 Å². The number of rotatable bonds is 1. The van der Waals surface area contributed by atoms with Crippen molar-refractivity contribution in [3.05, 3.63) is 46.1 Å². The topological polar surface area (TPSA) is 46.3 Å². The zero-order chi connectivity index (χ0) is 13.6. The van der Waals surface area contributed by atoms with Crippen molar-refractivity contribution in [3.8, 4) is 0 Å². The molecule has 0 saturated heterocycles. The monoisotopic (exact) mass is 320 g/mol. The van der Waals surface area contributed by atoms with E-state index in [-0.39, 0.29) is 11.9 Å². The van der Waals surface area contributed by atoms with Gasteiger partial charge in [-0.15, -0.1) is 0 Å². The summed E-state index contributed by atoms with van der Waals surface area (Å²) in [6.07, 6.45) is 2.28. The molecule has 2 heterocycles. The minimum atomic E-state index is -0.106. The summed E-state index contributed by atoms with van der Waals surface area (Å²) in [7, 11) is 0. The Balaban J connectivity index is 2.00. The maximum absolute atomic E-state index is 12.5. The van der Waals surface area contributed by atoms with E-state index in [1.54, 1.807) is 11.8 Å². The van der Waals surface area contributed by atoms with E-state index in [0.29, 0.717) is 11.6 Å². The van der Waals surface area contributed by atoms with Crippen LogP contribution in [0.2, 0.25) is 0 Å². The maximum Gasteiger partial charge on any atom is 0.280 e. The van der Waals surface area contributed by atoms with Gasteiger partial charge in [0.05, 0.1) is 0 Å². The fraction of sp³-hybridized carbons (Fsp3) is 0.286. The van der Waals surface area contributed by atoms with Crippen molar-refractivity contribution in [3.63, 3.8) is 0 Å². The highest BCUT2D eigenvalue weighted by Gasteiger charge is 2.32. The Labute approximate surface area is 119 Å². The van der Waals surface area contributed by atoms with Crippen molar-refractivity contribution in [2.45, 2.75) is 26.3 Å². The number of nitrogens with zero attached hydrogens (tertiary/aromatic N) is 2. The summed E-state index contributed by atoms with van der Waals surface area (Å²) in [6, 6.07) is 6.11. The summed E-state index contributed by atoms with van der Waals surface area (Å²) >= 11 is 3.46. The number of hydrogen-bond donors (Lipinski definition) is 0. The number of aryl methyl sites for hydroxylation is 1. The predicted octanol–water partition coefficient (Wildman–Crippen LogP) is 3.34. The van der Waals surface area contributed by atoms with Crippen molar-refractivity contribution in [1.82, 2.24) is 4.98 Å². The average molecular weight is 321 g/mol. The number of aromatic nitrogens is 1. The van der Waals surface area contributed by atoms with Crippen LogP contribution in [0, 0.1) is 6.92 Å². The second-order valence-electron chi connectivity index (χ2n) is 4.75. The molecule has 1 atom stereocenters. The van der Waals surface area contributed by atoms with Crippen LogP contribution >= 0.6 is 15.9 Å². The van der Waals surface area contributed by atoms with Crippen LogP contribution in [0.1, 0.15) is 28.9 Å². The molecular weight excluding hydrogens is 308 g/mol. The van der Waals surface area contributed by atoms with Gasteiger partial charge in [-0.3, -0.25) is 4.79 Å². The molecule has 19 heavy (non-hydrogen) atoms. The van der Waals surface area contributed by atoms with E-state index in [0.717, 1.165) is 16.6 Å². The van der Waals surface area contributed by atoms with Gasteiger partial charge < -0.3 is 9.32 Å². The van der Waals surface area contributed by atoms with Crippen molar-refractivity contribution in [1.29, 1.82) is 0 Å². The van der Waals surface area contributed by atoms with Gasteiger partial charge >= 0.3 is 0 Å². The smallest absolute Gasteiger partial charge is 0.280 e. The molecule has 1 amide bonds. The van der Waals surface area contributed by atoms with E-state index < -0.39 is 0 Å². The highest BCUT2D eigenvalue weighted by atomic mass is 79.9. The van der Waals surface area contributed by atoms with Crippen LogP contribution in [0.3, 0.4) is 0 Å². The van der Waals surface area contributed by atoms with Gasteiger partial charge in [0.1, 0.15) is 6.26 Å². The molecule has 5 heteroatoms. The van der Waals surface area contributed by atoms with Gasteiger partial charge in [-0.1, -0.05) is 15.9 Å². The maximum atomic E-state index is 12.5. The Morgan fingerprint density at radius 3 is 3.00 bits per heavy atom. The normalized spacial score (nSPS) is 17.6. The summed E-state index contributed by atoms with van der Waals surface area (Å²) in [5, 5.41) is 0.